The number of ether oxygens (including phenoxy) is 4. The van der Waals surface area contributed by atoms with Gasteiger partial charge in [0, 0.05) is 25.7 Å². The van der Waals surface area contributed by atoms with E-state index in [-0.39, 0.29) is 25.7 Å². The average molecular weight is 1230 g/mol. The average Bonchev–Trinajstić information content (AvgIpc) is 3.46. The molecule has 0 aromatic carbocycles. The maximum absolute atomic E-state index is 13.0. The number of hydrogen-bond donors (Lipinski definition) is 3. The minimum Gasteiger partial charge on any atom is -0.462 e. The molecule has 0 spiro atoms. The van der Waals surface area contributed by atoms with Crippen molar-refractivity contribution in [2.75, 3.05) is 39.6 Å². The van der Waals surface area contributed by atoms with Crippen molar-refractivity contribution in [2.24, 2.45) is 5.92 Å². The van der Waals surface area contributed by atoms with Gasteiger partial charge in [0.15, 0.2) is 12.2 Å². The van der Waals surface area contributed by atoms with Gasteiger partial charge in [0.25, 0.3) is 0 Å². The monoisotopic (exact) mass is 1230 g/mol. The SMILES string of the molecule is CCCCCCCCCCCCCCCCCCCC(=O)O[C@H](COC(=O)CCCCCCCCC(C)CC)COP(=O)(O)OC[C@@H](O)COP(=O)(O)OC[C@@H](COC(=O)CCCCCCCCC)OC(=O)CCCCCCCCCCC. The Kier molecular flexibility index (Phi) is 56.4. The summed E-state index contributed by atoms with van der Waals surface area (Å²) in [6, 6.07) is 0. The zero-order chi connectivity index (χ0) is 61.3. The molecule has 0 rings (SSSR count). The highest BCUT2D eigenvalue weighted by atomic mass is 31.2. The number of aliphatic hydroxyl groups is 1. The molecule has 83 heavy (non-hydrogen) atoms. The highest BCUT2D eigenvalue weighted by molar-refractivity contribution is 7.47. The molecule has 6 atom stereocenters. The number of hydrogen-bond acceptors (Lipinski definition) is 15. The lowest BCUT2D eigenvalue weighted by Gasteiger charge is -2.21. The maximum Gasteiger partial charge on any atom is 0.472 e. The fourth-order valence-corrected chi connectivity index (χ4v) is 11.1. The summed E-state index contributed by atoms with van der Waals surface area (Å²) in [5.41, 5.74) is 0. The van der Waals surface area contributed by atoms with E-state index in [0.717, 1.165) is 115 Å². The number of esters is 4. The Labute approximate surface area is 505 Å². The summed E-state index contributed by atoms with van der Waals surface area (Å²) in [6.45, 7) is 7.10. The molecular weight excluding hydrogens is 1100 g/mol. The molecule has 0 saturated carbocycles. The van der Waals surface area contributed by atoms with Gasteiger partial charge in [-0.1, -0.05) is 272 Å². The van der Waals surface area contributed by atoms with Gasteiger partial charge in [0.05, 0.1) is 26.4 Å². The third-order valence-corrected chi connectivity index (χ3v) is 17.0. The lowest BCUT2D eigenvalue weighted by molar-refractivity contribution is -0.161. The quantitative estimate of drug-likeness (QED) is 0.0222. The van der Waals surface area contributed by atoms with Crippen LogP contribution in [0.1, 0.15) is 324 Å². The van der Waals surface area contributed by atoms with Crippen molar-refractivity contribution in [3.05, 3.63) is 0 Å². The zero-order valence-electron chi connectivity index (χ0n) is 53.3. The molecule has 0 radical (unpaired) electrons. The Balaban J connectivity index is 5.17. The van der Waals surface area contributed by atoms with Crippen LogP contribution in [0.3, 0.4) is 0 Å². The van der Waals surface area contributed by atoms with Crippen molar-refractivity contribution in [1.82, 2.24) is 0 Å². The van der Waals surface area contributed by atoms with Crippen LogP contribution in [-0.2, 0) is 65.4 Å². The van der Waals surface area contributed by atoms with Crippen molar-refractivity contribution >= 4 is 39.5 Å². The molecule has 3 N–H and O–H groups in total. The Bertz CT molecular complexity index is 1620. The highest BCUT2D eigenvalue weighted by Crippen LogP contribution is 2.45. The molecule has 0 aliphatic rings. The molecular formula is C64H124O17P2. The van der Waals surface area contributed by atoms with Gasteiger partial charge in [-0.3, -0.25) is 37.3 Å². The maximum atomic E-state index is 13.0. The summed E-state index contributed by atoms with van der Waals surface area (Å²) < 4.78 is 67.9. The molecule has 0 aliphatic heterocycles. The minimum absolute atomic E-state index is 0.105. The van der Waals surface area contributed by atoms with Crippen LogP contribution in [0, 0.1) is 5.92 Å². The standard InChI is InChI=1S/C64H124O17P2/c1-6-10-13-16-19-21-22-23-24-25-26-27-28-30-33-40-45-50-64(69)81-60(54-75-62(67)48-43-38-35-34-36-41-46-57(5)9-4)56-79-83(72,73)77-52-58(65)51-76-82(70,71)78-55-59(53-74-61(66)47-42-37-31-18-15-12-8-3)80-63(68)49-44-39-32-29-20-17-14-11-7-2/h57-60,65H,6-56H2,1-5H3,(H,70,71)(H,72,73)/t57?,58-,59+,60+/m0/s1. The van der Waals surface area contributed by atoms with Gasteiger partial charge in [-0.2, -0.15) is 0 Å². The first-order chi connectivity index (χ1) is 40.1. The van der Waals surface area contributed by atoms with Gasteiger partial charge in [0.2, 0.25) is 0 Å². The summed E-state index contributed by atoms with van der Waals surface area (Å²) in [5, 5.41) is 10.5. The second kappa shape index (κ2) is 57.8. The van der Waals surface area contributed by atoms with Crippen LogP contribution < -0.4 is 0 Å². The van der Waals surface area contributed by atoms with Crippen LogP contribution in [0.15, 0.2) is 0 Å². The molecule has 0 heterocycles. The predicted molar refractivity (Wildman–Crippen MR) is 331 cm³/mol. The molecule has 0 fully saturated rings. The fraction of sp³-hybridized carbons (Fsp3) is 0.938. The van der Waals surface area contributed by atoms with Gasteiger partial charge in [-0.05, 0) is 31.6 Å². The van der Waals surface area contributed by atoms with E-state index in [4.69, 9.17) is 37.0 Å². The molecule has 19 heteroatoms. The molecule has 492 valence electrons. The third kappa shape index (κ3) is 57.6. The highest BCUT2D eigenvalue weighted by Gasteiger charge is 2.30. The lowest BCUT2D eigenvalue weighted by atomic mass is 10.00. The first-order valence-electron chi connectivity index (χ1n) is 33.7. The lowest BCUT2D eigenvalue weighted by Crippen LogP contribution is -2.30. The van der Waals surface area contributed by atoms with E-state index in [1.54, 1.807) is 0 Å². The van der Waals surface area contributed by atoms with Crippen LogP contribution >= 0.6 is 15.6 Å². The van der Waals surface area contributed by atoms with Crippen LogP contribution in [0.4, 0.5) is 0 Å². The number of unbranched alkanes of at least 4 members (excludes halogenated alkanes) is 35. The van der Waals surface area contributed by atoms with Crippen molar-refractivity contribution in [3.8, 4) is 0 Å². The first kappa shape index (κ1) is 81.1. The second-order valence-electron chi connectivity index (χ2n) is 23.4. The smallest absolute Gasteiger partial charge is 0.462 e. The fourth-order valence-electron chi connectivity index (χ4n) is 9.55. The Morgan fingerprint density at radius 2 is 0.578 bits per heavy atom. The van der Waals surface area contributed by atoms with E-state index >= 15 is 0 Å². The largest absolute Gasteiger partial charge is 0.472 e. The van der Waals surface area contributed by atoms with Crippen LogP contribution in [0.5, 0.6) is 0 Å². The van der Waals surface area contributed by atoms with Crippen LogP contribution in [0.25, 0.3) is 0 Å². The summed E-state index contributed by atoms with van der Waals surface area (Å²) in [7, 11) is -9.88. The number of phosphoric ester groups is 2. The number of carbonyl (C=O) groups excluding carboxylic acids is 4. The Morgan fingerprint density at radius 1 is 0.337 bits per heavy atom. The molecule has 0 saturated heterocycles. The topological polar surface area (TPSA) is 237 Å². The van der Waals surface area contributed by atoms with Gasteiger partial charge >= 0.3 is 39.5 Å². The van der Waals surface area contributed by atoms with Crippen LogP contribution in [0.2, 0.25) is 0 Å². The summed E-state index contributed by atoms with van der Waals surface area (Å²) in [6.07, 6.45) is 41.9. The number of rotatable bonds is 64. The Hall–Kier alpha value is -1.94. The van der Waals surface area contributed by atoms with E-state index < -0.39 is 97.5 Å². The molecule has 0 aromatic heterocycles. The normalized spacial score (nSPS) is 14.6. The first-order valence-corrected chi connectivity index (χ1v) is 36.7. The van der Waals surface area contributed by atoms with E-state index in [0.29, 0.717) is 25.7 Å². The van der Waals surface area contributed by atoms with Crippen LogP contribution in [-0.4, -0.2) is 96.7 Å². The van der Waals surface area contributed by atoms with Gasteiger partial charge in [0.1, 0.15) is 19.3 Å². The molecule has 3 unspecified atom stereocenters. The van der Waals surface area contributed by atoms with Gasteiger partial charge < -0.3 is 33.8 Å². The number of aliphatic hydroxyl groups excluding tert-OH is 1. The molecule has 0 amide bonds. The van der Waals surface area contributed by atoms with Gasteiger partial charge in [-0.15, -0.1) is 0 Å². The Morgan fingerprint density at radius 3 is 0.855 bits per heavy atom. The number of carbonyl (C=O) groups is 4. The van der Waals surface area contributed by atoms with Gasteiger partial charge in [-0.25, -0.2) is 9.13 Å². The number of phosphoric acid groups is 2. The second-order valence-corrected chi connectivity index (χ2v) is 26.3. The van der Waals surface area contributed by atoms with Crippen molar-refractivity contribution in [2.45, 2.75) is 342 Å². The molecule has 0 bridgehead atoms. The minimum atomic E-state index is -4.94. The van der Waals surface area contributed by atoms with E-state index in [2.05, 4.69) is 34.6 Å². The summed E-state index contributed by atoms with van der Waals surface area (Å²) in [5.74, 6) is -1.41. The summed E-state index contributed by atoms with van der Waals surface area (Å²) in [4.78, 5) is 72.0. The predicted octanol–water partition coefficient (Wildman–Crippen LogP) is 17.8. The summed E-state index contributed by atoms with van der Waals surface area (Å²) >= 11 is 0. The molecule has 0 aromatic rings. The molecule has 0 aliphatic carbocycles. The van der Waals surface area contributed by atoms with Crippen molar-refractivity contribution in [1.29, 1.82) is 0 Å². The zero-order valence-corrected chi connectivity index (χ0v) is 55.1. The van der Waals surface area contributed by atoms with Crippen molar-refractivity contribution in [3.63, 3.8) is 0 Å². The van der Waals surface area contributed by atoms with E-state index in [9.17, 15) is 43.2 Å². The van der Waals surface area contributed by atoms with E-state index in [1.165, 1.54) is 128 Å². The van der Waals surface area contributed by atoms with E-state index in [1.807, 2.05) is 0 Å². The third-order valence-electron chi connectivity index (χ3n) is 15.1. The van der Waals surface area contributed by atoms with Crippen molar-refractivity contribution < 1.29 is 80.2 Å². The molecule has 17 nitrogen and oxygen atoms in total.